The Morgan fingerprint density at radius 1 is 0.674 bits per heavy atom. The molecule has 0 saturated heterocycles. The van der Waals surface area contributed by atoms with E-state index in [-0.39, 0.29) is 24.8 Å². The van der Waals surface area contributed by atoms with E-state index in [0.717, 1.165) is 6.42 Å². The topological polar surface area (TPSA) is 0 Å². The fourth-order valence-corrected chi connectivity index (χ4v) is 5.83. The molecule has 0 fully saturated rings. The minimum Gasteiger partial charge on any atom is -1.00 e. The second kappa shape index (κ2) is 16.0. The Morgan fingerprint density at radius 2 is 1.19 bits per heavy atom. The maximum Gasteiger partial charge on any atom is -1.00 e. The summed E-state index contributed by atoms with van der Waals surface area (Å²) in [6.07, 6.45) is 1.05. The van der Waals surface area contributed by atoms with Crippen LogP contribution in [-0.4, -0.2) is 3.21 Å². The molecule has 222 valence electrons. The molecule has 0 aliphatic heterocycles. The molecule has 0 bridgehead atoms. The molecule has 0 aromatic heterocycles. The van der Waals surface area contributed by atoms with Crippen molar-refractivity contribution in [3.8, 4) is 11.1 Å². The SMILES string of the molecule is Cc1[c-]c2c(cc1)-c1ccc(C)cc1C2.Cc1cc(C(C)(C)C)c[cH-]1.Cc1ccc([C](=[Zr+2])c2ccc(C)cc2)cc1.[Cl-].[Cl-]. The Kier molecular flexibility index (Phi) is 13.7. The predicted molar refractivity (Wildman–Crippen MR) is 174 cm³/mol. The summed E-state index contributed by atoms with van der Waals surface area (Å²) >= 11 is 1.46. The molecule has 0 unspecified atom stereocenters. The molecule has 0 amide bonds. The van der Waals surface area contributed by atoms with Gasteiger partial charge in [0.2, 0.25) is 0 Å². The second-order valence-corrected chi connectivity index (χ2v) is 13.6. The van der Waals surface area contributed by atoms with Crippen molar-refractivity contribution in [3.05, 3.63) is 159 Å². The average Bonchev–Trinajstić information content (AvgIpc) is 3.52. The molecular weight excluding hydrogens is 643 g/mol. The van der Waals surface area contributed by atoms with E-state index in [1.54, 1.807) is 0 Å². The zero-order valence-corrected chi connectivity index (χ0v) is 30.7. The summed E-state index contributed by atoms with van der Waals surface area (Å²) in [4.78, 5) is 0. The van der Waals surface area contributed by atoms with Crippen LogP contribution in [0.4, 0.5) is 0 Å². The number of aryl methyl sites for hydroxylation is 5. The van der Waals surface area contributed by atoms with Crippen LogP contribution in [0.25, 0.3) is 11.1 Å². The number of hydrogen-bond donors (Lipinski definition) is 0. The van der Waals surface area contributed by atoms with Gasteiger partial charge in [-0.1, -0.05) is 69.4 Å². The Balaban J connectivity index is 0.000000226. The number of benzene rings is 4. The van der Waals surface area contributed by atoms with E-state index >= 15 is 0 Å². The van der Waals surface area contributed by atoms with Gasteiger partial charge in [0.1, 0.15) is 0 Å². The molecule has 0 saturated carbocycles. The van der Waals surface area contributed by atoms with Gasteiger partial charge in [-0.3, -0.25) is 0 Å². The molecule has 5 aromatic rings. The van der Waals surface area contributed by atoms with E-state index in [2.05, 4.69) is 159 Å². The van der Waals surface area contributed by atoms with Crippen LogP contribution in [0.15, 0.2) is 97.1 Å². The van der Waals surface area contributed by atoms with Crippen LogP contribution in [0, 0.1) is 40.7 Å². The minimum atomic E-state index is 0. The standard InChI is InChI=1S/C15H13.C15H14.C10H15.2ClH.Zr/c1-10-3-5-14-12(7-10)9-13-8-11(2)4-6-15(13)14;1-12-3-7-14(8-4-12)11-15-9-5-13(2)6-10-15;1-8-5-6-9(7-8)10(2,3)4;;;/h3-7H,9H2,1-2H3;3-10H,1-2H3;5-7H,1-4H3;2*1H;/q-1;;-1;;;+2/p-2. The summed E-state index contributed by atoms with van der Waals surface area (Å²) < 4.78 is 1.42. The third kappa shape index (κ3) is 10.0. The molecular formula is C40H42Cl2Zr-2. The normalized spacial score (nSPS) is 10.9. The number of hydrogen-bond acceptors (Lipinski definition) is 0. The minimum absolute atomic E-state index is 0. The molecule has 5 aromatic carbocycles. The van der Waals surface area contributed by atoms with E-state index in [4.69, 9.17) is 0 Å². The predicted octanol–water partition coefficient (Wildman–Crippen LogP) is 4.11. The maximum atomic E-state index is 3.45. The van der Waals surface area contributed by atoms with Crippen molar-refractivity contribution in [1.82, 2.24) is 0 Å². The van der Waals surface area contributed by atoms with Gasteiger partial charge >= 0.3 is 112 Å². The van der Waals surface area contributed by atoms with Crippen molar-refractivity contribution in [2.45, 2.75) is 67.2 Å². The summed E-state index contributed by atoms with van der Waals surface area (Å²) in [6.45, 7) is 17.4. The van der Waals surface area contributed by atoms with Crippen LogP contribution in [0.2, 0.25) is 0 Å². The molecule has 0 spiro atoms. The molecule has 0 heterocycles. The molecule has 0 atom stereocenters. The van der Waals surface area contributed by atoms with Crippen LogP contribution in [0.5, 0.6) is 0 Å². The van der Waals surface area contributed by atoms with Gasteiger partial charge in [-0.25, -0.2) is 6.07 Å². The van der Waals surface area contributed by atoms with E-state index in [1.165, 1.54) is 94.2 Å². The zero-order valence-electron chi connectivity index (χ0n) is 26.7. The van der Waals surface area contributed by atoms with Crippen molar-refractivity contribution in [2.75, 3.05) is 0 Å². The van der Waals surface area contributed by atoms with Gasteiger partial charge < -0.3 is 24.8 Å². The first kappa shape index (κ1) is 36.8. The van der Waals surface area contributed by atoms with E-state index < -0.39 is 0 Å². The summed E-state index contributed by atoms with van der Waals surface area (Å²) in [6, 6.07) is 38.7. The van der Waals surface area contributed by atoms with Gasteiger partial charge in [-0.15, -0.1) is 11.1 Å². The second-order valence-electron chi connectivity index (χ2n) is 12.4. The third-order valence-corrected chi connectivity index (χ3v) is 8.97. The van der Waals surface area contributed by atoms with Gasteiger partial charge in [0.05, 0.1) is 0 Å². The van der Waals surface area contributed by atoms with Gasteiger partial charge in [-0.05, 0) is 18.9 Å². The van der Waals surface area contributed by atoms with E-state index in [1.807, 2.05) is 0 Å². The van der Waals surface area contributed by atoms with Crippen molar-refractivity contribution in [3.63, 3.8) is 0 Å². The summed E-state index contributed by atoms with van der Waals surface area (Å²) in [7, 11) is 0. The Hall–Kier alpha value is -2.44. The number of rotatable bonds is 2. The summed E-state index contributed by atoms with van der Waals surface area (Å²) in [5.74, 6) is 0. The van der Waals surface area contributed by atoms with Crippen molar-refractivity contribution in [2.24, 2.45) is 0 Å². The van der Waals surface area contributed by atoms with Crippen molar-refractivity contribution < 1.29 is 49.0 Å². The largest absolute Gasteiger partial charge is 1.00 e. The van der Waals surface area contributed by atoms with Crippen LogP contribution < -0.4 is 24.8 Å². The molecule has 6 rings (SSSR count). The van der Waals surface area contributed by atoms with Crippen LogP contribution in [0.3, 0.4) is 0 Å². The Bertz CT molecular complexity index is 1530. The first-order chi connectivity index (χ1) is 19.4. The zero-order chi connectivity index (χ0) is 29.7. The molecule has 43 heavy (non-hydrogen) atoms. The Labute approximate surface area is 287 Å². The van der Waals surface area contributed by atoms with Crippen molar-refractivity contribution >= 4 is 3.21 Å². The molecule has 0 nitrogen and oxygen atoms in total. The molecule has 0 radical (unpaired) electrons. The molecule has 0 N–H and O–H groups in total. The van der Waals surface area contributed by atoms with E-state index in [0.29, 0.717) is 5.41 Å². The van der Waals surface area contributed by atoms with Gasteiger partial charge in [0.15, 0.2) is 0 Å². The summed E-state index contributed by atoms with van der Waals surface area (Å²) in [5.41, 5.74) is 16.6. The molecule has 3 heteroatoms. The van der Waals surface area contributed by atoms with Gasteiger partial charge in [-0.2, -0.15) is 47.0 Å². The maximum absolute atomic E-state index is 3.45. The number of fused-ring (bicyclic) bond motifs is 3. The molecule has 1 aliphatic rings. The van der Waals surface area contributed by atoms with Crippen LogP contribution in [-0.2, 0) is 36.1 Å². The third-order valence-electron chi connectivity index (χ3n) is 7.55. The fourth-order valence-electron chi connectivity index (χ4n) is 5.01. The molecule has 1 aliphatic carbocycles. The first-order valence-corrected chi connectivity index (χ1v) is 15.7. The van der Waals surface area contributed by atoms with Crippen LogP contribution >= 0.6 is 0 Å². The smallest absolute Gasteiger partial charge is 1.00 e. The van der Waals surface area contributed by atoms with E-state index in [9.17, 15) is 0 Å². The average molecular weight is 685 g/mol. The summed E-state index contributed by atoms with van der Waals surface area (Å²) in [5, 5.41) is 0. The first-order valence-electron chi connectivity index (χ1n) is 14.5. The number of halogens is 2. The fraction of sp³-hybridized carbons (Fsp3) is 0.250. The van der Waals surface area contributed by atoms with Crippen LogP contribution in [0.1, 0.15) is 76.4 Å². The van der Waals surface area contributed by atoms with Crippen molar-refractivity contribution in [1.29, 1.82) is 0 Å². The quantitative estimate of drug-likeness (QED) is 0.241. The monoisotopic (exact) mass is 682 g/mol. The Morgan fingerprint density at radius 3 is 1.65 bits per heavy atom. The van der Waals surface area contributed by atoms with Gasteiger partial charge in [0, 0.05) is 0 Å². The van der Waals surface area contributed by atoms with Gasteiger partial charge in [0.25, 0.3) is 0 Å².